The van der Waals surface area contributed by atoms with E-state index in [2.05, 4.69) is 23.3 Å². The molecule has 88 valence electrons. The highest BCUT2D eigenvalue weighted by Gasteiger charge is 2.23. The number of pyridine rings is 1. The van der Waals surface area contributed by atoms with Gasteiger partial charge in [-0.3, -0.25) is 4.98 Å². The number of rotatable bonds is 5. The molecule has 1 aromatic heterocycles. The van der Waals surface area contributed by atoms with Gasteiger partial charge in [-0.15, -0.1) is 0 Å². The molecule has 1 aliphatic rings. The van der Waals surface area contributed by atoms with Crippen LogP contribution >= 0.6 is 0 Å². The minimum Gasteiger partial charge on any atom is -0.378 e. The van der Waals surface area contributed by atoms with Crippen molar-refractivity contribution in [3.05, 3.63) is 30.1 Å². The van der Waals surface area contributed by atoms with Crippen molar-refractivity contribution in [1.82, 2.24) is 10.3 Å². The van der Waals surface area contributed by atoms with Crippen molar-refractivity contribution >= 4 is 0 Å². The number of hydrogen-bond acceptors (Lipinski definition) is 3. The molecule has 2 rings (SSSR count). The summed E-state index contributed by atoms with van der Waals surface area (Å²) in [5.74, 6) is 0.689. The number of hydrogen-bond donors (Lipinski definition) is 1. The highest BCUT2D eigenvalue weighted by atomic mass is 16.5. The van der Waals surface area contributed by atoms with Crippen molar-refractivity contribution in [3.8, 4) is 0 Å². The topological polar surface area (TPSA) is 34.1 Å². The molecule has 0 amide bonds. The van der Waals surface area contributed by atoms with E-state index in [1.165, 1.54) is 12.0 Å². The molecular formula is C13H20N2O. The zero-order chi connectivity index (χ0) is 11.2. The molecule has 2 unspecified atom stereocenters. The SMILES string of the molecule is CC1OCCC1CNCCc1cccnc1. The lowest BCUT2D eigenvalue weighted by Crippen LogP contribution is -2.28. The second-order valence-electron chi connectivity index (χ2n) is 4.44. The Bertz CT molecular complexity index is 302. The summed E-state index contributed by atoms with van der Waals surface area (Å²) in [5, 5.41) is 3.50. The third-order valence-electron chi connectivity index (χ3n) is 3.25. The van der Waals surface area contributed by atoms with Crippen LogP contribution in [0.25, 0.3) is 0 Å². The molecule has 0 radical (unpaired) electrons. The van der Waals surface area contributed by atoms with E-state index in [9.17, 15) is 0 Å². The van der Waals surface area contributed by atoms with Crippen LogP contribution < -0.4 is 5.32 Å². The van der Waals surface area contributed by atoms with E-state index >= 15 is 0 Å². The molecule has 1 aliphatic heterocycles. The minimum absolute atomic E-state index is 0.422. The molecule has 0 saturated carbocycles. The van der Waals surface area contributed by atoms with Crippen molar-refractivity contribution in [2.45, 2.75) is 25.9 Å². The number of nitrogens with one attached hydrogen (secondary N) is 1. The zero-order valence-corrected chi connectivity index (χ0v) is 9.86. The number of nitrogens with zero attached hydrogens (tertiary/aromatic N) is 1. The Morgan fingerprint density at radius 1 is 1.56 bits per heavy atom. The molecule has 3 nitrogen and oxygen atoms in total. The third-order valence-corrected chi connectivity index (χ3v) is 3.25. The molecular weight excluding hydrogens is 200 g/mol. The highest BCUT2D eigenvalue weighted by Crippen LogP contribution is 2.19. The summed E-state index contributed by atoms with van der Waals surface area (Å²) in [5.41, 5.74) is 1.30. The summed E-state index contributed by atoms with van der Waals surface area (Å²) in [6.07, 6.45) is 6.42. The molecule has 0 aliphatic carbocycles. The van der Waals surface area contributed by atoms with Crippen LogP contribution in [0.15, 0.2) is 24.5 Å². The first kappa shape index (κ1) is 11.6. The lowest BCUT2D eigenvalue weighted by atomic mass is 10.0. The zero-order valence-electron chi connectivity index (χ0n) is 9.86. The summed E-state index contributed by atoms with van der Waals surface area (Å²) in [4.78, 5) is 4.11. The van der Waals surface area contributed by atoms with Crippen molar-refractivity contribution in [2.75, 3.05) is 19.7 Å². The van der Waals surface area contributed by atoms with E-state index in [4.69, 9.17) is 4.74 Å². The molecule has 16 heavy (non-hydrogen) atoms. The van der Waals surface area contributed by atoms with Crippen LogP contribution in [0, 0.1) is 5.92 Å². The van der Waals surface area contributed by atoms with Crippen LogP contribution in [0.4, 0.5) is 0 Å². The van der Waals surface area contributed by atoms with Gasteiger partial charge >= 0.3 is 0 Å². The maximum Gasteiger partial charge on any atom is 0.0588 e. The molecule has 3 heteroatoms. The lowest BCUT2D eigenvalue weighted by molar-refractivity contribution is 0.105. The predicted octanol–water partition coefficient (Wildman–Crippen LogP) is 1.64. The smallest absolute Gasteiger partial charge is 0.0588 e. The van der Waals surface area contributed by atoms with Gasteiger partial charge < -0.3 is 10.1 Å². The van der Waals surface area contributed by atoms with Crippen molar-refractivity contribution in [2.24, 2.45) is 5.92 Å². The second-order valence-corrected chi connectivity index (χ2v) is 4.44. The van der Waals surface area contributed by atoms with E-state index < -0.39 is 0 Å². The van der Waals surface area contributed by atoms with Gasteiger partial charge in [0.15, 0.2) is 0 Å². The van der Waals surface area contributed by atoms with Gasteiger partial charge in [0, 0.05) is 25.5 Å². The largest absolute Gasteiger partial charge is 0.378 e. The summed E-state index contributed by atoms with van der Waals surface area (Å²) in [7, 11) is 0. The van der Waals surface area contributed by atoms with E-state index in [0.717, 1.165) is 26.1 Å². The Labute approximate surface area is 97.2 Å². The van der Waals surface area contributed by atoms with E-state index in [-0.39, 0.29) is 0 Å². The second kappa shape index (κ2) is 5.97. The van der Waals surface area contributed by atoms with Gasteiger partial charge in [0.05, 0.1) is 6.10 Å². The normalized spacial score (nSPS) is 24.8. The lowest BCUT2D eigenvalue weighted by Gasteiger charge is -2.14. The van der Waals surface area contributed by atoms with Gasteiger partial charge in [-0.2, -0.15) is 0 Å². The maximum atomic E-state index is 5.53. The van der Waals surface area contributed by atoms with Gasteiger partial charge in [-0.25, -0.2) is 0 Å². The number of aromatic nitrogens is 1. The molecule has 1 N–H and O–H groups in total. The van der Waals surface area contributed by atoms with Crippen molar-refractivity contribution in [1.29, 1.82) is 0 Å². The summed E-state index contributed by atoms with van der Waals surface area (Å²) < 4.78 is 5.53. The van der Waals surface area contributed by atoms with E-state index in [0.29, 0.717) is 12.0 Å². The third kappa shape index (κ3) is 3.29. The fraction of sp³-hybridized carbons (Fsp3) is 0.615. The molecule has 1 fully saturated rings. The predicted molar refractivity (Wildman–Crippen MR) is 64.3 cm³/mol. The highest BCUT2D eigenvalue weighted by molar-refractivity contribution is 5.08. The Morgan fingerprint density at radius 3 is 3.19 bits per heavy atom. The van der Waals surface area contributed by atoms with Crippen LogP contribution in [0.3, 0.4) is 0 Å². The Kier molecular flexibility index (Phi) is 4.31. The fourth-order valence-electron chi connectivity index (χ4n) is 2.11. The van der Waals surface area contributed by atoms with Gasteiger partial charge in [0.2, 0.25) is 0 Å². The summed E-state index contributed by atoms with van der Waals surface area (Å²) in [6, 6.07) is 4.11. The quantitative estimate of drug-likeness (QED) is 0.766. The first-order chi connectivity index (χ1) is 7.86. The molecule has 0 spiro atoms. The average Bonchev–Trinajstić information content (AvgIpc) is 2.72. The first-order valence-electron chi connectivity index (χ1n) is 6.07. The maximum absolute atomic E-state index is 5.53. The molecule has 2 atom stereocenters. The molecule has 0 aromatic carbocycles. The number of ether oxygens (including phenoxy) is 1. The monoisotopic (exact) mass is 220 g/mol. The molecule has 1 saturated heterocycles. The minimum atomic E-state index is 0.422. The van der Waals surface area contributed by atoms with Crippen LogP contribution in [-0.2, 0) is 11.2 Å². The average molecular weight is 220 g/mol. The standard InChI is InChI=1S/C13H20N2O/c1-11-13(5-8-16-11)10-15-7-4-12-3-2-6-14-9-12/h2-3,6,9,11,13,15H,4-5,7-8,10H2,1H3. The van der Waals surface area contributed by atoms with Crippen LogP contribution in [0.5, 0.6) is 0 Å². The van der Waals surface area contributed by atoms with Gasteiger partial charge in [0.1, 0.15) is 0 Å². The van der Waals surface area contributed by atoms with Crippen molar-refractivity contribution in [3.63, 3.8) is 0 Å². The Hall–Kier alpha value is -0.930. The van der Waals surface area contributed by atoms with Crippen LogP contribution in [0.2, 0.25) is 0 Å². The van der Waals surface area contributed by atoms with Crippen LogP contribution in [-0.4, -0.2) is 30.8 Å². The first-order valence-corrected chi connectivity index (χ1v) is 6.07. The van der Waals surface area contributed by atoms with E-state index in [1.54, 1.807) is 0 Å². The molecule has 0 bridgehead atoms. The molecule has 1 aromatic rings. The van der Waals surface area contributed by atoms with Crippen molar-refractivity contribution < 1.29 is 4.74 Å². The molecule has 2 heterocycles. The Balaban J connectivity index is 1.62. The van der Waals surface area contributed by atoms with E-state index in [1.807, 2.05) is 18.5 Å². The van der Waals surface area contributed by atoms with Gasteiger partial charge in [-0.1, -0.05) is 6.07 Å². The Morgan fingerprint density at radius 2 is 2.50 bits per heavy atom. The summed E-state index contributed by atoms with van der Waals surface area (Å²) in [6.45, 7) is 5.19. The van der Waals surface area contributed by atoms with Gasteiger partial charge in [-0.05, 0) is 43.9 Å². The fourth-order valence-corrected chi connectivity index (χ4v) is 2.11. The van der Waals surface area contributed by atoms with Gasteiger partial charge in [0.25, 0.3) is 0 Å². The summed E-state index contributed by atoms with van der Waals surface area (Å²) >= 11 is 0. The van der Waals surface area contributed by atoms with Crippen LogP contribution in [0.1, 0.15) is 18.9 Å².